The monoisotopic (exact) mass is 896 g/mol. The fourth-order valence-corrected chi connectivity index (χ4v) is 11.7. The maximum atomic E-state index is 6.79. The smallest absolute Gasteiger partial charge is 0.164 e. The highest BCUT2D eigenvalue weighted by atomic mass is 32.1. The van der Waals surface area contributed by atoms with Crippen molar-refractivity contribution in [2.45, 2.75) is 0 Å². The zero-order valence-electron chi connectivity index (χ0n) is 36.9. The summed E-state index contributed by atoms with van der Waals surface area (Å²) in [5, 5.41) is 14.2. The SMILES string of the molecule is c1ccc(-c2ccc(-c3nc(-c4ccc5c(c4)oc4ccc6ccc(-n7c8cc9ccccc9cc8c8ccc9ccccc9c87)cc6c45)nc(-c4ccc5sc6ccccc6c5c4)n3)cc2)cc1. The van der Waals surface area contributed by atoms with Crippen LogP contribution in [0.15, 0.2) is 223 Å². The van der Waals surface area contributed by atoms with Crippen LogP contribution in [0.25, 0.3) is 147 Å². The molecule has 5 nitrogen and oxygen atoms in total. The van der Waals surface area contributed by atoms with E-state index in [-0.39, 0.29) is 0 Å². The van der Waals surface area contributed by atoms with Gasteiger partial charge in [-0.2, -0.15) is 0 Å². The van der Waals surface area contributed by atoms with Crippen LogP contribution in [0.4, 0.5) is 0 Å². The van der Waals surface area contributed by atoms with Crippen LogP contribution in [0.2, 0.25) is 0 Å². The summed E-state index contributed by atoms with van der Waals surface area (Å²) >= 11 is 1.80. The minimum atomic E-state index is 0.582. The predicted molar refractivity (Wildman–Crippen MR) is 289 cm³/mol. The van der Waals surface area contributed by atoms with Crippen LogP contribution >= 0.6 is 11.3 Å². The highest BCUT2D eigenvalue weighted by Crippen LogP contribution is 2.42. The number of benzene rings is 11. The molecule has 0 atom stereocenters. The average Bonchev–Trinajstić information content (AvgIpc) is 4.09. The number of aromatic nitrogens is 4. The van der Waals surface area contributed by atoms with Gasteiger partial charge in [0.1, 0.15) is 11.2 Å². The second-order valence-electron chi connectivity index (χ2n) is 18.0. The van der Waals surface area contributed by atoms with Gasteiger partial charge in [-0.05, 0) is 105 Å². The van der Waals surface area contributed by atoms with E-state index in [1.807, 2.05) is 6.07 Å². The van der Waals surface area contributed by atoms with E-state index in [0.717, 1.165) is 66.2 Å². The molecule has 0 radical (unpaired) electrons. The Morgan fingerprint density at radius 2 is 0.928 bits per heavy atom. The summed E-state index contributed by atoms with van der Waals surface area (Å²) in [5.41, 5.74) is 10.1. The normalized spacial score (nSPS) is 12.1. The molecule has 4 heterocycles. The van der Waals surface area contributed by atoms with Crippen LogP contribution in [-0.2, 0) is 0 Å². The lowest BCUT2D eigenvalue weighted by Crippen LogP contribution is -2.00. The van der Waals surface area contributed by atoms with Crippen molar-refractivity contribution in [3.05, 3.63) is 218 Å². The second kappa shape index (κ2) is 14.8. The van der Waals surface area contributed by atoms with Crippen LogP contribution in [0.5, 0.6) is 0 Å². The Labute approximate surface area is 398 Å². The van der Waals surface area contributed by atoms with Gasteiger partial charge >= 0.3 is 0 Å². The number of rotatable bonds is 5. The van der Waals surface area contributed by atoms with E-state index in [0.29, 0.717) is 17.5 Å². The minimum Gasteiger partial charge on any atom is -0.456 e. The second-order valence-corrected chi connectivity index (χ2v) is 19.0. The van der Waals surface area contributed by atoms with Crippen molar-refractivity contribution in [3.63, 3.8) is 0 Å². The van der Waals surface area contributed by atoms with Crippen molar-refractivity contribution in [1.29, 1.82) is 0 Å². The molecule has 0 spiro atoms. The average molecular weight is 897 g/mol. The lowest BCUT2D eigenvalue weighted by molar-refractivity contribution is 0.669. The highest BCUT2D eigenvalue weighted by molar-refractivity contribution is 7.25. The molecule has 15 rings (SSSR count). The van der Waals surface area contributed by atoms with Gasteiger partial charge in [-0.3, -0.25) is 0 Å². The fraction of sp³-hybridized carbons (Fsp3) is 0. The Kier molecular flexibility index (Phi) is 8.17. The van der Waals surface area contributed by atoms with Gasteiger partial charge in [-0.1, -0.05) is 152 Å². The van der Waals surface area contributed by atoms with Crippen molar-refractivity contribution in [3.8, 4) is 51.0 Å². The van der Waals surface area contributed by atoms with Gasteiger partial charge in [0.15, 0.2) is 17.5 Å². The Hall–Kier alpha value is -8.97. The van der Waals surface area contributed by atoms with Crippen LogP contribution in [0.1, 0.15) is 0 Å². The van der Waals surface area contributed by atoms with Crippen LogP contribution in [0, 0.1) is 0 Å². The number of hydrogen-bond donors (Lipinski definition) is 0. The van der Waals surface area contributed by atoms with Crippen molar-refractivity contribution in [2.24, 2.45) is 0 Å². The molecule has 11 aromatic carbocycles. The molecule has 0 saturated heterocycles. The molecule has 0 fully saturated rings. The molecule has 320 valence electrons. The number of furan rings is 1. The molecule has 0 saturated carbocycles. The fourth-order valence-electron chi connectivity index (χ4n) is 10.7. The van der Waals surface area contributed by atoms with Crippen molar-refractivity contribution >= 4 is 108 Å². The Balaban J connectivity index is 0.903. The lowest BCUT2D eigenvalue weighted by Gasteiger charge is -2.12. The highest BCUT2D eigenvalue weighted by Gasteiger charge is 2.20. The maximum Gasteiger partial charge on any atom is 0.164 e. The van der Waals surface area contributed by atoms with Gasteiger partial charge in [0.25, 0.3) is 0 Å². The summed E-state index contributed by atoms with van der Waals surface area (Å²) in [6.07, 6.45) is 0. The van der Waals surface area contributed by atoms with Crippen molar-refractivity contribution in [2.75, 3.05) is 0 Å². The van der Waals surface area contributed by atoms with E-state index in [1.165, 1.54) is 63.5 Å². The van der Waals surface area contributed by atoms with Gasteiger partial charge in [0, 0.05) is 69.5 Å². The van der Waals surface area contributed by atoms with Gasteiger partial charge in [-0.15, -0.1) is 11.3 Å². The van der Waals surface area contributed by atoms with E-state index >= 15 is 0 Å². The molecule has 6 heteroatoms. The van der Waals surface area contributed by atoms with E-state index < -0.39 is 0 Å². The molecule has 15 aromatic rings. The zero-order chi connectivity index (χ0) is 45.2. The molecule has 0 amide bonds. The maximum absolute atomic E-state index is 6.79. The standard InChI is InChI=1S/C63H36N4OS/c1-2-10-37(11-3-1)38-18-20-41(21-19-38)61-64-62(44-26-31-58-53(33-44)48-16-8-9-17-57(48)69-58)66-63(65-61)45-24-29-50-56(35-45)68-55-30-25-40-22-27-46(36-51(40)59(50)55)67-54-34-43-14-5-4-13-42(43)32-52(54)49-28-23-39-12-6-7-15-47(39)60(49)67/h1-36H. The molecule has 0 aliphatic carbocycles. The first kappa shape index (κ1) is 38.2. The Morgan fingerprint density at radius 3 is 1.77 bits per heavy atom. The van der Waals surface area contributed by atoms with Crippen LogP contribution in [0.3, 0.4) is 0 Å². The van der Waals surface area contributed by atoms with Gasteiger partial charge in [0.05, 0.1) is 11.0 Å². The third-order valence-electron chi connectivity index (χ3n) is 14.0. The van der Waals surface area contributed by atoms with E-state index in [4.69, 9.17) is 19.4 Å². The van der Waals surface area contributed by atoms with E-state index in [1.54, 1.807) is 11.3 Å². The molecular weight excluding hydrogens is 861 g/mol. The molecule has 0 N–H and O–H groups in total. The topological polar surface area (TPSA) is 56.7 Å². The summed E-state index contributed by atoms with van der Waals surface area (Å²) < 4.78 is 11.7. The first-order valence-corrected chi connectivity index (χ1v) is 24.0. The molecule has 69 heavy (non-hydrogen) atoms. The van der Waals surface area contributed by atoms with E-state index in [2.05, 4.69) is 217 Å². The third kappa shape index (κ3) is 5.99. The first-order chi connectivity index (χ1) is 34.1. The van der Waals surface area contributed by atoms with Crippen molar-refractivity contribution in [1.82, 2.24) is 19.5 Å². The quantitative estimate of drug-likeness (QED) is 0.173. The molecule has 4 aromatic heterocycles. The summed E-state index contributed by atoms with van der Waals surface area (Å²) in [7, 11) is 0. The van der Waals surface area contributed by atoms with Crippen LogP contribution in [-0.4, -0.2) is 19.5 Å². The van der Waals surface area contributed by atoms with Gasteiger partial charge in [0.2, 0.25) is 0 Å². The number of thiophene rings is 1. The summed E-state index contributed by atoms with van der Waals surface area (Å²) in [6, 6.07) is 78.1. The summed E-state index contributed by atoms with van der Waals surface area (Å²) in [4.78, 5) is 15.6. The Morgan fingerprint density at radius 1 is 0.333 bits per heavy atom. The Bertz CT molecular complexity index is 4600. The molecule has 0 bridgehead atoms. The van der Waals surface area contributed by atoms with Gasteiger partial charge in [-0.25, -0.2) is 15.0 Å². The number of fused-ring (bicyclic) bond motifs is 14. The summed E-state index contributed by atoms with van der Waals surface area (Å²) in [6.45, 7) is 0. The number of nitrogens with zero attached hydrogens (tertiary/aromatic N) is 4. The first-order valence-electron chi connectivity index (χ1n) is 23.2. The third-order valence-corrected chi connectivity index (χ3v) is 15.1. The van der Waals surface area contributed by atoms with Crippen LogP contribution < -0.4 is 0 Å². The predicted octanol–water partition coefficient (Wildman–Crippen LogP) is 17.4. The zero-order valence-corrected chi connectivity index (χ0v) is 37.7. The minimum absolute atomic E-state index is 0.582. The summed E-state index contributed by atoms with van der Waals surface area (Å²) in [5.74, 6) is 1.81. The molecular formula is C63H36N4OS. The van der Waals surface area contributed by atoms with E-state index in [9.17, 15) is 0 Å². The van der Waals surface area contributed by atoms with Crippen molar-refractivity contribution < 1.29 is 4.42 Å². The molecule has 0 aliphatic rings. The lowest BCUT2D eigenvalue weighted by atomic mass is 10.0. The van der Waals surface area contributed by atoms with Gasteiger partial charge < -0.3 is 8.98 Å². The number of hydrogen-bond acceptors (Lipinski definition) is 5. The largest absolute Gasteiger partial charge is 0.456 e. The molecule has 0 unspecified atom stereocenters. The molecule has 0 aliphatic heterocycles.